The zero-order valence-electron chi connectivity index (χ0n) is 17.3. The molecule has 0 aliphatic rings. The third kappa shape index (κ3) is 4.71. The van der Waals surface area contributed by atoms with Gasteiger partial charge < -0.3 is 14.8 Å². The van der Waals surface area contributed by atoms with Crippen molar-refractivity contribution < 1.29 is 27.4 Å². The highest BCUT2D eigenvalue weighted by Crippen LogP contribution is 2.32. The zero-order chi connectivity index (χ0) is 23.4. The summed E-state index contributed by atoms with van der Waals surface area (Å²) in [6.07, 6.45) is -4.62. The molecule has 2 heterocycles. The van der Waals surface area contributed by atoms with Crippen LogP contribution in [0.25, 0.3) is 17.0 Å². The molecule has 0 bridgehead atoms. The Balaban J connectivity index is 1.43. The van der Waals surface area contributed by atoms with Gasteiger partial charge in [-0.05, 0) is 30.3 Å². The van der Waals surface area contributed by atoms with Crippen molar-refractivity contribution >= 4 is 11.6 Å². The molecule has 0 atom stereocenters. The number of alkyl halides is 3. The van der Waals surface area contributed by atoms with Crippen molar-refractivity contribution in [1.29, 1.82) is 0 Å². The summed E-state index contributed by atoms with van der Waals surface area (Å²) in [5.41, 5.74) is -0.268. The number of methoxy groups -OCH3 is 1. The average Bonchev–Trinajstić information content (AvgIpc) is 3.24. The van der Waals surface area contributed by atoms with Gasteiger partial charge in [0.1, 0.15) is 12.4 Å². The van der Waals surface area contributed by atoms with Crippen molar-refractivity contribution in [3.8, 4) is 23.0 Å². The van der Waals surface area contributed by atoms with Crippen molar-refractivity contribution in [3.05, 3.63) is 71.8 Å². The molecular formula is C22H18F3N5O3. The van der Waals surface area contributed by atoms with Crippen LogP contribution in [0.5, 0.6) is 11.6 Å². The van der Waals surface area contributed by atoms with Crippen LogP contribution in [0.3, 0.4) is 0 Å². The molecule has 2 aromatic carbocycles. The van der Waals surface area contributed by atoms with Crippen molar-refractivity contribution in [2.45, 2.75) is 6.18 Å². The number of para-hydroxylation sites is 1. The van der Waals surface area contributed by atoms with Crippen molar-refractivity contribution in [1.82, 2.24) is 25.1 Å². The molecule has 0 unspecified atom stereocenters. The molecule has 4 rings (SSSR count). The maximum atomic E-state index is 13.1. The first-order valence-electron chi connectivity index (χ1n) is 9.81. The monoisotopic (exact) mass is 457 g/mol. The molecule has 0 aliphatic heterocycles. The molecule has 1 amide bonds. The summed E-state index contributed by atoms with van der Waals surface area (Å²) in [6.45, 7) is -0.0309. The summed E-state index contributed by atoms with van der Waals surface area (Å²) in [4.78, 5) is 12.2. The normalized spacial score (nSPS) is 11.4. The number of nitrogens with one attached hydrogen (secondary N) is 1. The number of carbonyl (C=O) groups excluding carboxylic acids is 1. The minimum absolute atomic E-state index is 0.00938. The second-order valence-corrected chi connectivity index (χ2v) is 6.81. The van der Waals surface area contributed by atoms with Crippen LogP contribution in [-0.2, 0) is 6.18 Å². The number of amides is 1. The number of ether oxygens (including phenoxy) is 2. The molecule has 170 valence electrons. The molecule has 8 nitrogen and oxygen atoms in total. The first-order valence-corrected chi connectivity index (χ1v) is 9.81. The number of rotatable bonds is 7. The van der Waals surface area contributed by atoms with E-state index in [4.69, 9.17) is 9.47 Å². The smallest absolute Gasteiger partial charge is 0.417 e. The van der Waals surface area contributed by atoms with Gasteiger partial charge in [-0.15, -0.1) is 15.3 Å². The van der Waals surface area contributed by atoms with E-state index < -0.39 is 23.2 Å². The fraction of sp³-hybridized carbons (Fsp3) is 0.182. The van der Waals surface area contributed by atoms with Gasteiger partial charge in [0.2, 0.25) is 5.88 Å². The van der Waals surface area contributed by atoms with Gasteiger partial charge in [0.25, 0.3) is 5.91 Å². The summed E-state index contributed by atoms with van der Waals surface area (Å²) in [7, 11) is 1.55. The minimum Gasteiger partial charge on any atom is -0.496 e. The maximum Gasteiger partial charge on any atom is 0.417 e. The number of aromatic nitrogens is 4. The Morgan fingerprint density at radius 3 is 2.58 bits per heavy atom. The molecular weight excluding hydrogens is 439 g/mol. The molecule has 1 N–H and O–H groups in total. The quantitative estimate of drug-likeness (QED) is 0.427. The second-order valence-electron chi connectivity index (χ2n) is 6.81. The maximum absolute atomic E-state index is 13.1. The van der Waals surface area contributed by atoms with E-state index in [0.717, 1.165) is 12.1 Å². The minimum atomic E-state index is -4.62. The standard InChI is InChI=1S/C22H18F3N5O3/c1-32-17-9-5-3-7-15(17)20-28-27-18-10-11-19(29-30(18)20)33-13-12-26-21(31)14-6-2-4-8-16(14)22(23,24)25/h2-11H,12-13H2,1H3,(H,26,31). The highest BCUT2D eigenvalue weighted by atomic mass is 19.4. The van der Waals surface area contributed by atoms with Crippen LogP contribution in [0, 0.1) is 0 Å². The molecule has 0 fully saturated rings. The van der Waals surface area contributed by atoms with Gasteiger partial charge in [-0.3, -0.25) is 4.79 Å². The number of fused-ring (bicyclic) bond motifs is 1. The van der Waals surface area contributed by atoms with E-state index in [1.807, 2.05) is 18.2 Å². The van der Waals surface area contributed by atoms with Crippen LogP contribution >= 0.6 is 0 Å². The first kappa shape index (κ1) is 22.1. The van der Waals surface area contributed by atoms with Crippen molar-refractivity contribution in [2.75, 3.05) is 20.3 Å². The van der Waals surface area contributed by atoms with Crippen LogP contribution in [0.15, 0.2) is 60.7 Å². The Morgan fingerprint density at radius 2 is 1.79 bits per heavy atom. The fourth-order valence-electron chi connectivity index (χ4n) is 3.19. The van der Waals surface area contributed by atoms with E-state index in [-0.39, 0.29) is 19.0 Å². The van der Waals surface area contributed by atoms with E-state index in [1.54, 1.807) is 25.3 Å². The summed E-state index contributed by atoms with van der Waals surface area (Å²) in [6, 6.07) is 15.1. The predicted octanol–water partition coefficient (Wildman–Crippen LogP) is 3.63. The molecule has 0 aliphatic carbocycles. The van der Waals surface area contributed by atoms with E-state index in [0.29, 0.717) is 22.8 Å². The SMILES string of the molecule is COc1ccccc1-c1nnc2ccc(OCCNC(=O)c3ccccc3C(F)(F)F)nn12. The average molecular weight is 457 g/mol. The third-order valence-electron chi connectivity index (χ3n) is 4.70. The lowest BCUT2D eigenvalue weighted by Crippen LogP contribution is -2.30. The number of halogens is 3. The Morgan fingerprint density at radius 1 is 1.03 bits per heavy atom. The lowest BCUT2D eigenvalue weighted by atomic mass is 10.1. The van der Waals surface area contributed by atoms with E-state index >= 15 is 0 Å². The van der Waals surface area contributed by atoms with Crippen molar-refractivity contribution in [2.24, 2.45) is 0 Å². The second kappa shape index (κ2) is 9.15. The lowest BCUT2D eigenvalue weighted by Gasteiger charge is -2.13. The molecule has 0 radical (unpaired) electrons. The number of nitrogens with zero attached hydrogens (tertiary/aromatic N) is 4. The zero-order valence-corrected chi connectivity index (χ0v) is 17.3. The Bertz CT molecular complexity index is 1290. The first-order chi connectivity index (χ1) is 15.9. The van der Waals surface area contributed by atoms with Crippen LogP contribution in [0.2, 0.25) is 0 Å². The lowest BCUT2D eigenvalue weighted by molar-refractivity contribution is -0.137. The summed E-state index contributed by atoms with van der Waals surface area (Å²) in [5, 5.41) is 15.0. The molecule has 0 spiro atoms. The van der Waals surface area contributed by atoms with E-state index in [1.165, 1.54) is 16.6 Å². The van der Waals surface area contributed by atoms with Gasteiger partial charge in [-0.2, -0.15) is 17.7 Å². The van der Waals surface area contributed by atoms with Gasteiger partial charge >= 0.3 is 6.18 Å². The van der Waals surface area contributed by atoms with E-state index in [9.17, 15) is 18.0 Å². The summed E-state index contributed by atoms with van der Waals surface area (Å²) in [5.74, 6) is 0.433. The molecule has 33 heavy (non-hydrogen) atoms. The Kier molecular flexibility index (Phi) is 6.11. The highest BCUT2D eigenvalue weighted by Gasteiger charge is 2.34. The third-order valence-corrected chi connectivity index (χ3v) is 4.70. The largest absolute Gasteiger partial charge is 0.496 e. The molecule has 11 heteroatoms. The number of hydrogen-bond donors (Lipinski definition) is 1. The van der Waals surface area contributed by atoms with Gasteiger partial charge in [-0.25, -0.2) is 0 Å². The fourth-order valence-corrected chi connectivity index (χ4v) is 3.19. The van der Waals surface area contributed by atoms with Crippen LogP contribution in [-0.4, -0.2) is 46.0 Å². The predicted molar refractivity (Wildman–Crippen MR) is 112 cm³/mol. The molecule has 0 saturated carbocycles. The number of hydrogen-bond acceptors (Lipinski definition) is 6. The molecule has 2 aromatic heterocycles. The summed E-state index contributed by atoms with van der Waals surface area (Å²) >= 11 is 0. The van der Waals surface area contributed by atoms with Crippen LogP contribution in [0.4, 0.5) is 13.2 Å². The topological polar surface area (TPSA) is 90.6 Å². The Hall–Kier alpha value is -4.15. The van der Waals surface area contributed by atoms with Gasteiger partial charge in [0.15, 0.2) is 11.5 Å². The summed E-state index contributed by atoms with van der Waals surface area (Å²) < 4.78 is 51.7. The highest BCUT2D eigenvalue weighted by molar-refractivity contribution is 5.95. The van der Waals surface area contributed by atoms with Gasteiger partial charge in [0, 0.05) is 6.07 Å². The van der Waals surface area contributed by atoms with Gasteiger partial charge in [0.05, 0.1) is 30.3 Å². The van der Waals surface area contributed by atoms with Crippen molar-refractivity contribution in [3.63, 3.8) is 0 Å². The molecule has 4 aromatic rings. The number of carbonyl (C=O) groups is 1. The Labute approximate surface area is 186 Å². The van der Waals surface area contributed by atoms with Crippen LogP contribution < -0.4 is 14.8 Å². The van der Waals surface area contributed by atoms with Gasteiger partial charge in [-0.1, -0.05) is 24.3 Å². The van der Waals surface area contributed by atoms with Crippen LogP contribution in [0.1, 0.15) is 15.9 Å². The molecule has 0 saturated heterocycles. The van der Waals surface area contributed by atoms with E-state index in [2.05, 4.69) is 20.6 Å². The number of benzene rings is 2.